The Bertz CT molecular complexity index is 386. The SMILES string of the molecule is COc1ccc(CCCO)cc1OC1CCOCC1. The summed E-state index contributed by atoms with van der Waals surface area (Å²) in [7, 11) is 1.65. The lowest BCUT2D eigenvalue weighted by Crippen LogP contribution is -2.26. The molecule has 0 amide bonds. The number of methoxy groups -OCH3 is 1. The number of hydrogen-bond donors (Lipinski definition) is 1. The van der Waals surface area contributed by atoms with Crippen molar-refractivity contribution >= 4 is 0 Å². The van der Waals surface area contributed by atoms with Gasteiger partial charge in [0.2, 0.25) is 0 Å². The van der Waals surface area contributed by atoms with Crippen LogP contribution in [0.2, 0.25) is 0 Å². The number of aryl methyl sites for hydroxylation is 1. The van der Waals surface area contributed by atoms with Crippen molar-refractivity contribution in [1.29, 1.82) is 0 Å². The Morgan fingerprint density at radius 2 is 2.05 bits per heavy atom. The number of hydrogen-bond acceptors (Lipinski definition) is 4. The van der Waals surface area contributed by atoms with Gasteiger partial charge in [0.25, 0.3) is 0 Å². The maximum absolute atomic E-state index is 8.89. The van der Waals surface area contributed by atoms with Gasteiger partial charge in [-0.25, -0.2) is 0 Å². The molecule has 2 rings (SSSR count). The lowest BCUT2D eigenvalue weighted by atomic mass is 10.1. The average molecular weight is 266 g/mol. The molecule has 1 fully saturated rings. The van der Waals surface area contributed by atoms with E-state index in [0.717, 1.165) is 56.0 Å². The van der Waals surface area contributed by atoms with E-state index in [2.05, 4.69) is 0 Å². The van der Waals surface area contributed by atoms with Crippen molar-refractivity contribution in [3.63, 3.8) is 0 Å². The number of aliphatic hydroxyl groups excluding tert-OH is 1. The van der Waals surface area contributed by atoms with Crippen LogP contribution in [0.3, 0.4) is 0 Å². The molecule has 0 radical (unpaired) electrons. The minimum absolute atomic E-state index is 0.204. The Labute approximate surface area is 114 Å². The molecule has 0 bridgehead atoms. The summed E-state index contributed by atoms with van der Waals surface area (Å²) in [5.74, 6) is 1.56. The van der Waals surface area contributed by atoms with E-state index in [0.29, 0.717) is 0 Å². The summed E-state index contributed by atoms with van der Waals surface area (Å²) in [5, 5.41) is 8.89. The lowest BCUT2D eigenvalue weighted by Gasteiger charge is -2.24. The molecule has 0 atom stereocenters. The maximum Gasteiger partial charge on any atom is 0.161 e. The molecule has 0 saturated carbocycles. The molecule has 106 valence electrons. The zero-order valence-electron chi connectivity index (χ0n) is 11.4. The first kappa shape index (κ1) is 14.2. The Balaban J connectivity index is 2.06. The van der Waals surface area contributed by atoms with E-state index in [1.807, 2.05) is 18.2 Å². The molecule has 4 nitrogen and oxygen atoms in total. The molecule has 0 aliphatic carbocycles. The van der Waals surface area contributed by atoms with E-state index in [-0.39, 0.29) is 12.7 Å². The van der Waals surface area contributed by atoms with E-state index < -0.39 is 0 Å². The van der Waals surface area contributed by atoms with Crippen LogP contribution >= 0.6 is 0 Å². The summed E-state index contributed by atoms with van der Waals surface area (Å²) in [6.07, 6.45) is 3.66. The third kappa shape index (κ3) is 4.11. The first-order valence-corrected chi connectivity index (χ1v) is 6.85. The third-order valence-corrected chi connectivity index (χ3v) is 3.31. The first-order valence-electron chi connectivity index (χ1n) is 6.85. The molecule has 1 aliphatic heterocycles. The van der Waals surface area contributed by atoms with Gasteiger partial charge in [-0.3, -0.25) is 0 Å². The van der Waals surface area contributed by atoms with E-state index >= 15 is 0 Å². The molecule has 19 heavy (non-hydrogen) atoms. The summed E-state index contributed by atoms with van der Waals surface area (Å²) in [5.41, 5.74) is 1.16. The van der Waals surface area contributed by atoms with Crippen molar-refractivity contribution in [2.24, 2.45) is 0 Å². The van der Waals surface area contributed by atoms with Crippen LogP contribution in [-0.2, 0) is 11.2 Å². The van der Waals surface area contributed by atoms with Gasteiger partial charge in [-0.2, -0.15) is 0 Å². The summed E-state index contributed by atoms with van der Waals surface area (Å²) >= 11 is 0. The highest BCUT2D eigenvalue weighted by Crippen LogP contribution is 2.30. The number of ether oxygens (including phenoxy) is 3. The largest absolute Gasteiger partial charge is 0.493 e. The topological polar surface area (TPSA) is 47.9 Å². The van der Waals surface area contributed by atoms with Crippen LogP contribution in [0.15, 0.2) is 18.2 Å². The first-order chi connectivity index (χ1) is 9.33. The van der Waals surface area contributed by atoms with Crippen LogP contribution < -0.4 is 9.47 Å². The molecule has 1 heterocycles. The molecular formula is C15H22O4. The fourth-order valence-corrected chi connectivity index (χ4v) is 2.23. The van der Waals surface area contributed by atoms with E-state index in [9.17, 15) is 0 Å². The standard InChI is InChI=1S/C15H22O4/c1-17-14-5-4-12(3-2-8-16)11-15(14)19-13-6-9-18-10-7-13/h4-5,11,13,16H,2-3,6-10H2,1H3. The second-order valence-corrected chi connectivity index (χ2v) is 4.74. The summed E-state index contributed by atoms with van der Waals surface area (Å²) < 4.78 is 16.7. The van der Waals surface area contributed by atoms with Crippen molar-refractivity contribution in [1.82, 2.24) is 0 Å². The Kier molecular flexibility index (Phi) is 5.48. The molecule has 1 N–H and O–H groups in total. The molecule has 1 aromatic rings. The molecule has 0 spiro atoms. The second-order valence-electron chi connectivity index (χ2n) is 4.74. The minimum Gasteiger partial charge on any atom is -0.493 e. The number of rotatable bonds is 6. The van der Waals surface area contributed by atoms with Gasteiger partial charge in [0.05, 0.1) is 20.3 Å². The van der Waals surface area contributed by atoms with Crippen LogP contribution in [0.1, 0.15) is 24.8 Å². The predicted octanol–water partition coefficient (Wildman–Crippen LogP) is 2.18. The average Bonchev–Trinajstić information content (AvgIpc) is 2.46. The fraction of sp³-hybridized carbons (Fsp3) is 0.600. The summed E-state index contributed by atoms with van der Waals surface area (Å²) in [6.45, 7) is 1.73. The normalized spacial score (nSPS) is 16.3. The van der Waals surface area contributed by atoms with E-state index in [1.54, 1.807) is 7.11 Å². The Morgan fingerprint density at radius 3 is 2.74 bits per heavy atom. The van der Waals surface area contributed by atoms with Crippen LogP contribution in [0.4, 0.5) is 0 Å². The maximum atomic E-state index is 8.89. The zero-order chi connectivity index (χ0) is 13.5. The highest BCUT2D eigenvalue weighted by Gasteiger charge is 2.17. The van der Waals surface area contributed by atoms with Crippen molar-refractivity contribution in [2.45, 2.75) is 31.8 Å². The van der Waals surface area contributed by atoms with Gasteiger partial charge in [0.15, 0.2) is 11.5 Å². The van der Waals surface area contributed by atoms with Gasteiger partial charge in [0.1, 0.15) is 6.10 Å². The van der Waals surface area contributed by atoms with Gasteiger partial charge in [-0.1, -0.05) is 6.07 Å². The Hall–Kier alpha value is -1.26. The number of aliphatic hydroxyl groups is 1. The van der Waals surface area contributed by atoms with Gasteiger partial charge in [-0.05, 0) is 30.5 Å². The molecule has 0 aromatic heterocycles. The van der Waals surface area contributed by atoms with Crippen LogP contribution in [0.5, 0.6) is 11.5 Å². The van der Waals surface area contributed by atoms with Crippen molar-refractivity contribution in [3.05, 3.63) is 23.8 Å². The number of benzene rings is 1. The highest BCUT2D eigenvalue weighted by molar-refractivity contribution is 5.43. The van der Waals surface area contributed by atoms with Crippen LogP contribution in [-0.4, -0.2) is 38.1 Å². The van der Waals surface area contributed by atoms with Crippen LogP contribution in [0.25, 0.3) is 0 Å². The van der Waals surface area contributed by atoms with Gasteiger partial charge in [-0.15, -0.1) is 0 Å². The highest BCUT2D eigenvalue weighted by atomic mass is 16.5. The monoisotopic (exact) mass is 266 g/mol. The molecule has 1 aromatic carbocycles. The van der Waals surface area contributed by atoms with E-state index in [4.69, 9.17) is 19.3 Å². The molecule has 1 saturated heterocycles. The molecular weight excluding hydrogens is 244 g/mol. The van der Waals surface area contributed by atoms with Gasteiger partial charge < -0.3 is 19.3 Å². The molecule has 4 heteroatoms. The molecule has 0 unspecified atom stereocenters. The molecule has 1 aliphatic rings. The lowest BCUT2D eigenvalue weighted by molar-refractivity contribution is 0.0245. The summed E-state index contributed by atoms with van der Waals surface area (Å²) in [4.78, 5) is 0. The predicted molar refractivity (Wildman–Crippen MR) is 72.9 cm³/mol. The fourth-order valence-electron chi connectivity index (χ4n) is 2.23. The van der Waals surface area contributed by atoms with Gasteiger partial charge in [0, 0.05) is 19.4 Å². The quantitative estimate of drug-likeness (QED) is 0.857. The zero-order valence-corrected chi connectivity index (χ0v) is 11.4. The third-order valence-electron chi connectivity index (χ3n) is 3.31. The smallest absolute Gasteiger partial charge is 0.161 e. The van der Waals surface area contributed by atoms with E-state index in [1.165, 1.54) is 0 Å². The van der Waals surface area contributed by atoms with Gasteiger partial charge >= 0.3 is 0 Å². The Morgan fingerprint density at radius 1 is 1.26 bits per heavy atom. The van der Waals surface area contributed by atoms with Crippen molar-refractivity contribution in [3.8, 4) is 11.5 Å². The second kappa shape index (κ2) is 7.36. The van der Waals surface area contributed by atoms with Crippen molar-refractivity contribution < 1.29 is 19.3 Å². The summed E-state index contributed by atoms with van der Waals surface area (Å²) in [6, 6.07) is 5.97. The van der Waals surface area contributed by atoms with Crippen LogP contribution in [0, 0.1) is 0 Å². The minimum atomic E-state index is 0.204. The van der Waals surface area contributed by atoms with Crippen molar-refractivity contribution in [2.75, 3.05) is 26.9 Å².